The van der Waals surface area contributed by atoms with Gasteiger partial charge < -0.3 is 5.11 Å². The molecule has 2 fully saturated rings. The van der Waals surface area contributed by atoms with Crippen LogP contribution in [0.3, 0.4) is 0 Å². The average molecular weight is 279 g/mol. The van der Waals surface area contributed by atoms with E-state index in [2.05, 4.69) is 0 Å². The second-order valence-corrected chi connectivity index (χ2v) is 5.65. The van der Waals surface area contributed by atoms with Gasteiger partial charge in [-0.2, -0.15) is 13.2 Å². The number of halogens is 3. The van der Waals surface area contributed by atoms with Crippen LogP contribution in [0.15, 0.2) is 0 Å². The summed E-state index contributed by atoms with van der Waals surface area (Å²) in [6, 6.07) is -0.812. The monoisotopic (exact) mass is 279 g/mol. The van der Waals surface area contributed by atoms with Crippen molar-refractivity contribution in [2.24, 2.45) is 5.92 Å². The fourth-order valence-corrected chi connectivity index (χ4v) is 3.42. The molecule has 1 aliphatic carbocycles. The normalized spacial score (nSPS) is 34.2. The van der Waals surface area contributed by atoms with Crippen molar-refractivity contribution in [3.63, 3.8) is 0 Å². The Morgan fingerprint density at radius 1 is 1.11 bits per heavy atom. The van der Waals surface area contributed by atoms with Crippen molar-refractivity contribution in [3.8, 4) is 0 Å². The van der Waals surface area contributed by atoms with E-state index in [0.717, 1.165) is 12.8 Å². The molecule has 2 rings (SSSR count). The molecule has 0 aromatic heterocycles. The van der Waals surface area contributed by atoms with E-state index in [4.69, 9.17) is 0 Å². The van der Waals surface area contributed by atoms with Gasteiger partial charge in [0.05, 0.1) is 5.92 Å². The maximum atomic E-state index is 12.8. The van der Waals surface area contributed by atoms with Crippen molar-refractivity contribution in [2.45, 2.75) is 63.2 Å². The van der Waals surface area contributed by atoms with Crippen LogP contribution in [-0.4, -0.2) is 40.8 Å². The van der Waals surface area contributed by atoms with E-state index in [9.17, 15) is 23.1 Å². The molecule has 0 spiro atoms. The molecule has 1 heterocycles. The molecule has 2 aliphatic rings. The Bertz CT molecular complexity index is 332. The standard InChI is InChI=1S/C13H20F3NO2/c14-13(15,16)9-4-3-5-10(8-9)17-7-2-1-6-11(17)12(18)19/h9-11H,1-8H2,(H,18,19). The van der Waals surface area contributed by atoms with Crippen LogP contribution in [0.25, 0.3) is 0 Å². The number of alkyl halides is 3. The van der Waals surface area contributed by atoms with Gasteiger partial charge in [-0.3, -0.25) is 9.69 Å². The van der Waals surface area contributed by atoms with Gasteiger partial charge in [-0.25, -0.2) is 0 Å². The summed E-state index contributed by atoms with van der Waals surface area (Å²) in [5.41, 5.74) is 0. The molecule has 3 nitrogen and oxygen atoms in total. The first-order chi connectivity index (χ1) is 8.89. The number of piperidine rings is 1. The molecule has 3 unspecified atom stereocenters. The summed E-state index contributed by atoms with van der Waals surface area (Å²) < 4.78 is 38.4. The molecule has 0 bridgehead atoms. The van der Waals surface area contributed by atoms with E-state index in [-0.39, 0.29) is 18.9 Å². The summed E-state index contributed by atoms with van der Waals surface area (Å²) in [5, 5.41) is 9.20. The highest BCUT2D eigenvalue weighted by Gasteiger charge is 2.45. The van der Waals surface area contributed by atoms with Gasteiger partial charge in [0.25, 0.3) is 0 Å². The third-order valence-electron chi connectivity index (χ3n) is 4.41. The van der Waals surface area contributed by atoms with Gasteiger partial charge in [-0.05, 0) is 38.6 Å². The van der Waals surface area contributed by atoms with Crippen LogP contribution in [0.1, 0.15) is 44.9 Å². The first-order valence-electron chi connectivity index (χ1n) is 6.95. The first-order valence-corrected chi connectivity index (χ1v) is 6.95. The van der Waals surface area contributed by atoms with E-state index in [1.54, 1.807) is 0 Å². The minimum atomic E-state index is -4.15. The number of likely N-dealkylation sites (tertiary alicyclic amines) is 1. The number of carboxylic acids is 1. The fraction of sp³-hybridized carbons (Fsp3) is 0.923. The first kappa shape index (κ1) is 14.6. The molecule has 19 heavy (non-hydrogen) atoms. The lowest BCUT2D eigenvalue weighted by Gasteiger charge is -2.43. The van der Waals surface area contributed by atoms with E-state index in [1.807, 2.05) is 4.90 Å². The number of hydrogen-bond donors (Lipinski definition) is 1. The fourth-order valence-electron chi connectivity index (χ4n) is 3.42. The number of nitrogens with zero attached hydrogens (tertiary/aromatic N) is 1. The number of carboxylic acid groups (broad SMARTS) is 1. The zero-order valence-corrected chi connectivity index (χ0v) is 10.8. The molecule has 0 aromatic carbocycles. The molecule has 0 aromatic rings. The molecule has 0 radical (unpaired) electrons. The Balaban J connectivity index is 2.05. The summed E-state index contributed by atoms with van der Waals surface area (Å²) in [5.74, 6) is -2.16. The predicted molar refractivity (Wildman–Crippen MR) is 63.8 cm³/mol. The van der Waals surface area contributed by atoms with Crippen LogP contribution >= 0.6 is 0 Å². The smallest absolute Gasteiger partial charge is 0.391 e. The van der Waals surface area contributed by atoms with Crippen LogP contribution in [-0.2, 0) is 4.79 Å². The zero-order valence-electron chi connectivity index (χ0n) is 10.8. The molecule has 6 heteroatoms. The lowest BCUT2D eigenvalue weighted by Crippen LogP contribution is -2.52. The number of aliphatic carboxylic acids is 1. The van der Waals surface area contributed by atoms with Gasteiger partial charge in [-0.15, -0.1) is 0 Å². The minimum absolute atomic E-state index is 0.0628. The minimum Gasteiger partial charge on any atom is -0.480 e. The molecule has 110 valence electrons. The van der Waals surface area contributed by atoms with Crippen molar-refractivity contribution in [3.05, 3.63) is 0 Å². The Labute approximate surface area is 110 Å². The summed E-state index contributed by atoms with van der Waals surface area (Å²) in [4.78, 5) is 13.0. The van der Waals surface area contributed by atoms with Gasteiger partial charge in [0.2, 0.25) is 0 Å². The van der Waals surface area contributed by atoms with Gasteiger partial charge in [0.15, 0.2) is 0 Å². The average Bonchev–Trinajstić information content (AvgIpc) is 2.38. The maximum Gasteiger partial charge on any atom is 0.391 e. The summed E-state index contributed by atoms with van der Waals surface area (Å²) in [6.45, 7) is 0.617. The molecular formula is C13H20F3NO2. The Kier molecular flexibility index (Phi) is 4.38. The topological polar surface area (TPSA) is 40.5 Å². The van der Waals surface area contributed by atoms with Crippen LogP contribution < -0.4 is 0 Å². The SMILES string of the molecule is O=C(O)C1CCCCN1C1CCCC(C(F)(F)F)C1. The highest BCUT2D eigenvalue weighted by Crippen LogP contribution is 2.40. The summed E-state index contributed by atoms with van der Waals surface area (Å²) in [6.07, 6.45) is -0.373. The lowest BCUT2D eigenvalue weighted by molar-refractivity contribution is -0.188. The third kappa shape index (κ3) is 3.41. The number of rotatable bonds is 2. The highest BCUT2D eigenvalue weighted by molar-refractivity contribution is 5.73. The Morgan fingerprint density at radius 2 is 1.84 bits per heavy atom. The Morgan fingerprint density at radius 3 is 2.47 bits per heavy atom. The zero-order chi connectivity index (χ0) is 14.0. The van der Waals surface area contributed by atoms with Crippen molar-refractivity contribution in [2.75, 3.05) is 6.54 Å². The third-order valence-corrected chi connectivity index (χ3v) is 4.41. The molecule has 1 saturated carbocycles. The van der Waals surface area contributed by atoms with E-state index >= 15 is 0 Å². The van der Waals surface area contributed by atoms with Gasteiger partial charge >= 0.3 is 12.1 Å². The van der Waals surface area contributed by atoms with Crippen molar-refractivity contribution in [1.29, 1.82) is 0 Å². The van der Waals surface area contributed by atoms with E-state index < -0.39 is 24.1 Å². The van der Waals surface area contributed by atoms with E-state index in [1.165, 1.54) is 0 Å². The number of carbonyl (C=O) groups is 1. The van der Waals surface area contributed by atoms with Crippen LogP contribution in [0.4, 0.5) is 13.2 Å². The molecule has 3 atom stereocenters. The van der Waals surface area contributed by atoms with Gasteiger partial charge in [-0.1, -0.05) is 12.8 Å². The second kappa shape index (κ2) is 5.69. The van der Waals surface area contributed by atoms with Crippen LogP contribution in [0.5, 0.6) is 0 Å². The van der Waals surface area contributed by atoms with Gasteiger partial charge in [0.1, 0.15) is 6.04 Å². The largest absolute Gasteiger partial charge is 0.480 e. The second-order valence-electron chi connectivity index (χ2n) is 5.65. The lowest BCUT2D eigenvalue weighted by atomic mass is 9.83. The molecule has 1 aliphatic heterocycles. The van der Waals surface area contributed by atoms with Crippen molar-refractivity contribution < 1.29 is 23.1 Å². The summed E-state index contributed by atoms with van der Waals surface area (Å²) >= 11 is 0. The van der Waals surface area contributed by atoms with Crippen LogP contribution in [0.2, 0.25) is 0 Å². The highest BCUT2D eigenvalue weighted by atomic mass is 19.4. The van der Waals surface area contributed by atoms with E-state index in [0.29, 0.717) is 25.8 Å². The van der Waals surface area contributed by atoms with Crippen molar-refractivity contribution >= 4 is 5.97 Å². The quantitative estimate of drug-likeness (QED) is 0.844. The molecule has 0 amide bonds. The maximum absolute atomic E-state index is 12.8. The molecule has 1 saturated heterocycles. The number of hydrogen-bond acceptors (Lipinski definition) is 2. The Hall–Kier alpha value is -0.780. The van der Waals surface area contributed by atoms with Gasteiger partial charge in [0, 0.05) is 6.04 Å². The van der Waals surface area contributed by atoms with Crippen LogP contribution in [0, 0.1) is 5.92 Å². The molecular weight excluding hydrogens is 259 g/mol. The predicted octanol–water partition coefficient (Wildman–Crippen LogP) is 3.05. The molecule has 1 N–H and O–H groups in total. The van der Waals surface area contributed by atoms with Crippen molar-refractivity contribution in [1.82, 2.24) is 4.90 Å². The summed E-state index contributed by atoms with van der Waals surface area (Å²) in [7, 11) is 0.